The Balaban J connectivity index is 5.49. The van der Waals surface area contributed by atoms with E-state index in [-0.39, 0.29) is 11.7 Å². The average Bonchev–Trinajstić information content (AvgIpc) is 2.41. The summed E-state index contributed by atoms with van der Waals surface area (Å²) in [6.45, 7) is 6.83. The van der Waals surface area contributed by atoms with Crippen LogP contribution >= 0.6 is 58.4 Å². The van der Waals surface area contributed by atoms with Crippen LogP contribution in [-0.2, 0) is 10.0 Å². The number of hydrogen-bond donors (Lipinski definition) is 0. The van der Waals surface area contributed by atoms with E-state index < -0.39 is 24.1 Å². The molecule has 4 nitrogen and oxygen atoms in total. The van der Waals surface area contributed by atoms with Gasteiger partial charge in [0.1, 0.15) is 5.54 Å². The third kappa shape index (κ3) is 7.77. The van der Waals surface area contributed by atoms with E-state index in [1.807, 2.05) is 19.9 Å². The van der Waals surface area contributed by atoms with Crippen molar-refractivity contribution in [3.05, 3.63) is 0 Å². The van der Waals surface area contributed by atoms with Gasteiger partial charge in [-0.05, 0) is 38.1 Å². The number of halogens is 4. The van der Waals surface area contributed by atoms with Gasteiger partial charge >= 0.3 is 0 Å². The average molecular weight is 444 g/mol. The normalized spacial score (nSPS) is 15.0. The Morgan fingerprint density at radius 3 is 2.22 bits per heavy atom. The van der Waals surface area contributed by atoms with Gasteiger partial charge in [-0.15, -0.1) is 26.9 Å². The Labute approximate surface area is 164 Å². The van der Waals surface area contributed by atoms with E-state index in [1.54, 1.807) is 0 Å². The third-order valence-electron chi connectivity index (χ3n) is 2.99. The van der Waals surface area contributed by atoms with Crippen molar-refractivity contribution in [2.75, 3.05) is 5.75 Å². The van der Waals surface area contributed by atoms with Gasteiger partial charge in [-0.2, -0.15) is 5.26 Å². The maximum atomic E-state index is 12.8. The van der Waals surface area contributed by atoms with Crippen LogP contribution in [0.15, 0.2) is 0 Å². The lowest BCUT2D eigenvalue weighted by Crippen LogP contribution is -2.46. The molecule has 0 rings (SSSR count). The molecule has 0 spiro atoms. The van der Waals surface area contributed by atoms with Crippen molar-refractivity contribution in [3.63, 3.8) is 0 Å². The van der Waals surface area contributed by atoms with E-state index in [4.69, 9.17) is 46.4 Å². The molecule has 0 aliphatic rings. The molecule has 0 N–H and O–H groups in total. The number of sulfonamides is 1. The summed E-state index contributed by atoms with van der Waals surface area (Å²) in [5, 5.41) is 9.32. The number of rotatable bonds is 10. The molecule has 0 aromatic heterocycles. The maximum Gasteiger partial charge on any atom is 0.225 e. The van der Waals surface area contributed by atoms with Crippen molar-refractivity contribution in [3.8, 4) is 6.07 Å². The lowest BCUT2D eigenvalue weighted by atomic mass is 10.1. The molecule has 0 amide bonds. The molecule has 23 heavy (non-hydrogen) atoms. The minimum Gasteiger partial charge on any atom is -0.211 e. The molecule has 0 saturated carbocycles. The van der Waals surface area contributed by atoms with Crippen LogP contribution in [0.4, 0.5) is 0 Å². The highest BCUT2D eigenvalue weighted by molar-refractivity contribution is 8.11. The fourth-order valence-corrected chi connectivity index (χ4v) is 5.99. The zero-order valence-electron chi connectivity index (χ0n) is 13.5. The van der Waals surface area contributed by atoms with Crippen LogP contribution in [0.5, 0.6) is 0 Å². The Kier molecular flexibility index (Phi) is 9.94. The highest BCUT2D eigenvalue weighted by Gasteiger charge is 2.46. The monoisotopic (exact) mass is 442 g/mol. The third-order valence-corrected chi connectivity index (χ3v) is 9.16. The molecule has 0 radical (unpaired) electrons. The number of nitriles is 1. The largest absolute Gasteiger partial charge is 0.225 e. The fourth-order valence-electron chi connectivity index (χ4n) is 1.77. The van der Waals surface area contributed by atoms with Gasteiger partial charge in [0.25, 0.3) is 0 Å². The summed E-state index contributed by atoms with van der Waals surface area (Å²) >= 11 is 24.0. The first-order valence-corrected chi connectivity index (χ1v) is 11.1. The van der Waals surface area contributed by atoms with Crippen molar-refractivity contribution in [2.24, 2.45) is 5.92 Å². The number of nitrogens with zero attached hydrogens (tertiary/aromatic N) is 2. The number of alkyl halides is 4. The zero-order valence-corrected chi connectivity index (χ0v) is 18.2. The SMILES string of the molecule is CCCCC(C)CS(=O)(=O)N(SC(Cl)(Cl)C(Cl)Cl)C(C)(C)C#N. The first-order chi connectivity index (χ1) is 10.3. The fraction of sp³-hybridized carbons (Fsp3) is 0.923. The first kappa shape index (κ1) is 23.9. The van der Waals surface area contributed by atoms with E-state index in [0.29, 0.717) is 11.9 Å². The van der Waals surface area contributed by atoms with Gasteiger partial charge < -0.3 is 0 Å². The van der Waals surface area contributed by atoms with Crippen molar-refractivity contribution >= 4 is 68.4 Å². The lowest BCUT2D eigenvalue weighted by Gasteiger charge is -2.35. The smallest absolute Gasteiger partial charge is 0.211 e. The van der Waals surface area contributed by atoms with E-state index in [0.717, 1.165) is 23.0 Å². The molecular formula is C13H22Cl4N2O2S2. The van der Waals surface area contributed by atoms with E-state index in [9.17, 15) is 13.7 Å². The van der Waals surface area contributed by atoms with Crippen LogP contribution in [0.2, 0.25) is 0 Å². The molecule has 0 bridgehead atoms. The summed E-state index contributed by atoms with van der Waals surface area (Å²) in [4.78, 5) is -1.24. The molecular weight excluding hydrogens is 422 g/mol. The van der Waals surface area contributed by atoms with Gasteiger partial charge in [0.2, 0.25) is 13.7 Å². The summed E-state index contributed by atoms with van der Waals surface area (Å²) in [5.41, 5.74) is -1.36. The van der Waals surface area contributed by atoms with Crippen molar-refractivity contribution in [1.29, 1.82) is 5.26 Å². The van der Waals surface area contributed by atoms with Crippen LogP contribution in [0.1, 0.15) is 47.0 Å². The second-order valence-corrected chi connectivity index (χ2v) is 12.1. The lowest BCUT2D eigenvalue weighted by molar-refractivity contribution is 0.421. The summed E-state index contributed by atoms with van der Waals surface area (Å²) in [5.74, 6) is -0.162. The molecule has 0 aromatic rings. The van der Waals surface area contributed by atoms with Gasteiger partial charge in [-0.25, -0.2) is 8.42 Å². The predicted molar refractivity (Wildman–Crippen MR) is 102 cm³/mol. The quantitative estimate of drug-likeness (QED) is 0.338. The first-order valence-electron chi connectivity index (χ1n) is 7.09. The molecule has 0 aliphatic heterocycles. The van der Waals surface area contributed by atoms with Crippen LogP contribution in [-0.4, -0.2) is 31.9 Å². The summed E-state index contributed by atoms with van der Waals surface area (Å²) in [6, 6.07) is 1.95. The van der Waals surface area contributed by atoms with Crippen molar-refractivity contribution in [2.45, 2.75) is 61.0 Å². The molecule has 0 fully saturated rings. The van der Waals surface area contributed by atoms with Crippen LogP contribution in [0.3, 0.4) is 0 Å². The molecule has 0 aromatic carbocycles. The number of unbranched alkanes of at least 4 members (excludes halogenated alkanes) is 1. The topological polar surface area (TPSA) is 61.2 Å². The van der Waals surface area contributed by atoms with Gasteiger partial charge in [0.15, 0.2) is 4.84 Å². The molecule has 1 atom stereocenters. The minimum atomic E-state index is -3.80. The molecule has 0 heterocycles. The Morgan fingerprint density at radius 2 is 1.83 bits per heavy atom. The van der Waals surface area contributed by atoms with Crippen molar-refractivity contribution in [1.82, 2.24) is 3.71 Å². The van der Waals surface area contributed by atoms with Crippen LogP contribution in [0.25, 0.3) is 0 Å². The second kappa shape index (κ2) is 9.56. The summed E-state index contributed by atoms with van der Waals surface area (Å²) in [6.07, 6.45) is 2.70. The molecule has 1 unspecified atom stereocenters. The Hall–Kier alpha value is 0.910. The van der Waals surface area contributed by atoms with E-state index >= 15 is 0 Å². The Bertz CT molecular complexity index is 519. The maximum absolute atomic E-state index is 12.8. The van der Waals surface area contributed by atoms with Gasteiger partial charge in [0, 0.05) is 0 Å². The standard InChI is InChI=1S/C13H22Cl4N2O2S2/c1-5-6-7-10(2)8-23(20,21)19(12(3,4)9-18)22-13(16,17)11(14)15/h10-11H,5-8H2,1-4H3. The Morgan fingerprint density at radius 1 is 1.30 bits per heavy atom. The van der Waals surface area contributed by atoms with Gasteiger partial charge in [-0.3, -0.25) is 0 Å². The van der Waals surface area contributed by atoms with Gasteiger partial charge in [-0.1, -0.05) is 49.9 Å². The van der Waals surface area contributed by atoms with Crippen LogP contribution < -0.4 is 0 Å². The highest BCUT2D eigenvalue weighted by atomic mass is 35.5. The van der Waals surface area contributed by atoms with Crippen molar-refractivity contribution < 1.29 is 8.42 Å². The highest BCUT2D eigenvalue weighted by Crippen LogP contribution is 2.47. The van der Waals surface area contributed by atoms with Gasteiger partial charge in [0.05, 0.1) is 11.8 Å². The molecule has 0 saturated heterocycles. The molecule has 10 heteroatoms. The minimum absolute atomic E-state index is 0.0552. The van der Waals surface area contributed by atoms with E-state index in [1.165, 1.54) is 13.8 Å². The number of hydrogen-bond acceptors (Lipinski definition) is 4. The molecule has 0 aliphatic carbocycles. The zero-order chi connectivity index (χ0) is 18.5. The molecule has 136 valence electrons. The second-order valence-electron chi connectivity index (χ2n) is 5.88. The van der Waals surface area contributed by atoms with E-state index in [2.05, 4.69) is 0 Å². The van der Waals surface area contributed by atoms with Crippen LogP contribution in [0, 0.1) is 17.2 Å². The predicted octanol–water partition coefficient (Wildman–Crippen LogP) is 5.33. The summed E-state index contributed by atoms with van der Waals surface area (Å²) in [7, 11) is -3.80. The summed E-state index contributed by atoms with van der Waals surface area (Å²) < 4.78 is 24.6.